The molecule has 0 saturated heterocycles. The highest BCUT2D eigenvalue weighted by Crippen LogP contribution is 2.49. The highest BCUT2D eigenvalue weighted by Gasteiger charge is 2.47. The molecule has 0 aliphatic heterocycles. The Labute approximate surface area is 93.6 Å². The number of fused-ring (bicyclic) bond motifs is 1. The van der Waals surface area contributed by atoms with Crippen molar-refractivity contribution in [1.29, 1.82) is 0 Å². The second kappa shape index (κ2) is 3.92. The Balaban J connectivity index is 2.26. The summed E-state index contributed by atoms with van der Waals surface area (Å²) >= 11 is 0. The molecule has 15 heavy (non-hydrogen) atoms. The zero-order chi connectivity index (χ0) is 11.2. The molecular formula is C14H24O. The zero-order valence-corrected chi connectivity index (χ0v) is 10.5. The Bertz CT molecular complexity index is 258. The average Bonchev–Trinajstić information content (AvgIpc) is 2.23. The molecule has 6 atom stereocenters. The maximum Gasteiger partial charge on any atom is 0.136 e. The second-order valence-electron chi connectivity index (χ2n) is 5.98. The van der Waals surface area contributed by atoms with Crippen LogP contribution in [-0.2, 0) is 4.79 Å². The lowest BCUT2D eigenvalue weighted by Crippen LogP contribution is -2.47. The van der Waals surface area contributed by atoms with E-state index in [2.05, 4.69) is 27.7 Å². The molecule has 0 N–H and O–H groups in total. The highest BCUT2D eigenvalue weighted by molar-refractivity contribution is 5.82. The lowest BCUT2D eigenvalue weighted by atomic mass is 9.55. The average molecular weight is 208 g/mol. The summed E-state index contributed by atoms with van der Waals surface area (Å²) in [5.41, 5.74) is 0. The largest absolute Gasteiger partial charge is 0.299 e. The smallest absolute Gasteiger partial charge is 0.136 e. The van der Waals surface area contributed by atoms with Crippen LogP contribution in [0, 0.1) is 35.5 Å². The molecule has 1 heteroatoms. The number of hydrogen-bond donors (Lipinski definition) is 0. The number of ketones is 1. The van der Waals surface area contributed by atoms with Crippen LogP contribution >= 0.6 is 0 Å². The molecule has 2 fully saturated rings. The van der Waals surface area contributed by atoms with Crippen LogP contribution in [0.3, 0.4) is 0 Å². The van der Waals surface area contributed by atoms with E-state index in [1.807, 2.05) is 0 Å². The summed E-state index contributed by atoms with van der Waals surface area (Å²) in [6, 6.07) is 0. The van der Waals surface area contributed by atoms with Crippen LogP contribution in [-0.4, -0.2) is 5.78 Å². The lowest BCUT2D eigenvalue weighted by molar-refractivity contribution is -0.136. The standard InChI is InChI=1S/C14H24O/c1-8-9(2)11(4)14-12(10(8)3)6-5-7-13(14)15/h8-12,14H,5-7H2,1-4H3. The predicted molar refractivity (Wildman–Crippen MR) is 62.5 cm³/mol. The minimum Gasteiger partial charge on any atom is -0.299 e. The van der Waals surface area contributed by atoms with Gasteiger partial charge in [0.15, 0.2) is 0 Å². The Morgan fingerprint density at radius 2 is 1.53 bits per heavy atom. The minimum absolute atomic E-state index is 0.389. The first-order valence-corrected chi connectivity index (χ1v) is 6.56. The van der Waals surface area contributed by atoms with Crippen molar-refractivity contribution < 1.29 is 4.79 Å². The number of rotatable bonds is 0. The molecule has 6 unspecified atom stereocenters. The molecule has 0 amide bonds. The second-order valence-corrected chi connectivity index (χ2v) is 5.98. The molecule has 0 radical (unpaired) electrons. The van der Waals surface area contributed by atoms with Gasteiger partial charge >= 0.3 is 0 Å². The van der Waals surface area contributed by atoms with Crippen LogP contribution < -0.4 is 0 Å². The van der Waals surface area contributed by atoms with E-state index in [0.717, 1.165) is 24.7 Å². The van der Waals surface area contributed by atoms with Crippen LogP contribution in [0.15, 0.2) is 0 Å². The van der Waals surface area contributed by atoms with Gasteiger partial charge in [0.2, 0.25) is 0 Å². The van der Waals surface area contributed by atoms with Gasteiger partial charge in [-0.2, -0.15) is 0 Å². The van der Waals surface area contributed by atoms with Crippen molar-refractivity contribution >= 4 is 5.78 Å². The van der Waals surface area contributed by atoms with Crippen LogP contribution in [0.5, 0.6) is 0 Å². The van der Waals surface area contributed by atoms with Gasteiger partial charge in [-0.1, -0.05) is 27.7 Å². The molecule has 2 rings (SSSR count). The molecule has 0 aromatic rings. The summed E-state index contributed by atoms with van der Waals surface area (Å²) < 4.78 is 0. The molecule has 1 nitrogen and oxygen atoms in total. The SMILES string of the molecule is CC1C(C)C(C)C2C(=O)CCCC2C1C. The van der Waals surface area contributed by atoms with Gasteiger partial charge in [-0.15, -0.1) is 0 Å². The van der Waals surface area contributed by atoms with Crippen molar-refractivity contribution in [2.75, 3.05) is 0 Å². The molecule has 2 aliphatic rings. The Kier molecular flexibility index (Phi) is 2.92. The number of Topliss-reactive ketones (excluding diaryl/α,β-unsaturated/α-hetero) is 1. The third kappa shape index (κ3) is 1.64. The summed E-state index contributed by atoms with van der Waals surface area (Å²) in [4.78, 5) is 12.0. The van der Waals surface area contributed by atoms with Gasteiger partial charge in [-0.25, -0.2) is 0 Å². The van der Waals surface area contributed by atoms with E-state index >= 15 is 0 Å². The van der Waals surface area contributed by atoms with Gasteiger partial charge in [0, 0.05) is 12.3 Å². The van der Waals surface area contributed by atoms with Gasteiger partial charge in [0.05, 0.1) is 0 Å². The molecule has 2 saturated carbocycles. The van der Waals surface area contributed by atoms with Crippen LogP contribution in [0.2, 0.25) is 0 Å². The minimum atomic E-state index is 0.389. The molecule has 0 heterocycles. The van der Waals surface area contributed by atoms with Gasteiger partial charge in [-0.05, 0) is 42.4 Å². The fourth-order valence-electron chi connectivity index (χ4n) is 4.04. The normalized spacial score (nSPS) is 51.3. The van der Waals surface area contributed by atoms with E-state index in [4.69, 9.17) is 0 Å². The van der Waals surface area contributed by atoms with Crippen molar-refractivity contribution in [2.45, 2.75) is 47.0 Å². The third-order valence-electron chi connectivity index (χ3n) is 5.52. The molecule has 2 aliphatic carbocycles. The first kappa shape index (κ1) is 11.2. The number of carbonyl (C=O) groups excluding carboxylic acids is 1. The van der Waals surface area contributed by atoms with Crippen molar-refractivity contribution in [3.63, 3.8) is 0 Å². The van der Waals surface area contributed by atoms with E-state index in [9.17, 15) is 4.79 Å². The quantitative estimate of drug-likeness (QED) is 0.595. The monoisotopic (exact) mass is 208 g/mol. The predicted octanol–water partition coefficient (Wildman–Crippen LogP) is 3.53. The first-order valence-electron chi connectivity index (χ1n) is 6.56. The first-order chi connectivity index (χ1) is 7.04. The molecule has 0 aromatic carbocycles. The molecular weight excluding hydrogens is 184 g/mol. The van der Waals surface area contributed by atoms with Crippen LogP contribution in [0.25, 0.3) is 0 Å². The van der Waals surface area contributed by atoms with Gasteiger partial charge in [0.25, 0.3) is 0 Å². The van der Waals surface area contributed by atoms with Crippen LogP contribution in [0.1, 0.15) is 47.0 Å². The zero-order valence-electron chi connectivity index (χ0n) is 10.5. The summed E-state index contributed by atoms with van der Waals surface area (Å²) in [7, 11) is 0. The lowest BCUT2D eigenvalue weighted by Gasteiger charge is -2.49. The fourth-order valence-corrected chi connectivity index (χ4v) is 4.04. The maximum absolute atomic E-state index is 12.0. The fraction of sp³-hybridized carbons (Fsp3) is 0.929. The Morgan fingerprint density at radius 3 is 2.20 bits per heavy atom. The number of hydrogen-bond acceptors (Lipinski definition) is 1. The Hall–Kier alpha value is -0.330. The van der Waals surface area contributed by atoms with E-state index in [1.54, 1.807) is 0 Å². The molecule has 0 bridgehead atoms. The topological polar surface area (TPSA) is 17.1 Å². The van der Waals surface area contributed by atoms with Crippen molar-refractivity contribution in [3.8, 4) is 0 Å². The molecule has 0 aromatic heterocycles. The number of carbonyl (C=O) groups is 1. The van der Waals surface area contributed by atoms with E-state index < -0.39 is 0 Å². The summed E-state index contributed by atoms with van der Waals surface area (Å²) in [5, 5.41) is 0. The molecule has 86 valence electrons. The summed E-state index contributed by atoms with van der Waals surface area (Å²) in [6.07, 6.45) is 3.27. The van der Waals surface area contributed by atoms with Gasteiger partial charge < -0.3 is 0 Å². The molecule has 0 spiro atoms. The highest BCUT2D eigenvalue weighted by atomic mass is 16.1. The van der Waals surface area contributed by atoms with Gasteiger partial charge in [0.1, 0.15) is 5.78 Å². The third-order valence-corrected chi connectivity index (χ3v) is 5.52. The summed E-state index contributed by atoms with van der Waals surface area (Å²) in [5.74, 6) is 4.48. The van der Waals surface area contributed by atoms with Crippen molar-refractivity contribution in [2.24, 2.45) is 35.5 Å². The van der Waals surface area contributed by atoms with Crippen molar-refractivity contribution in [3.05, 3.63) is 0 Å². The van der Waals surface area contributed by atoms with Crippen LogP contribution in [0.4, 0.5) is 0 Å². The Morgan fingerprint density at radius 1 is 0.933 bits per heavy atom. The van der Waals surface area contributed by atoms with E-state index in [1.165, 1.54) is 6.42 Å². The van der Waals surface area contributed by atoms with Crippen molar-refractivity contribution in [1.82, 2.24) is 0 Å². The summed E-state index contributed by atoms with van der Waals surface area (Å²) in [6.45, 7) is 9.38. The van der Waals surface area contributed by atoms with E-state index in [0.29, 0.717) is 29.5 Å². The van der Waals surface area contributed by atoms with Gasteiger partial charge in [-0.3, -0.25) is 4.79 Å². The van der Waals surface area contributed by atoms with E-state index in [-0.39, 0.29) is 0 Å². The maximum atomic E-state index is 12.0.